The van der Waals surface area contributed by atoms with Gasteiger partial charge in [-0.1, -0.05) is 48.0 Å². The number of rotatable bonds is 4. The molecule has 0 bridgehead atoms. The summed E-state index contributed by atoms with van der Waals surface area (Å²) in [5.74, 6) is 1.21. The number of carbonyl (C=O) groups is 1. The van der Waals surface area contributed by atoms with E-state index in [4.69, 9.17) is 9.47 Å². The molecule has 6 nitrogen and oxygen atoms in total. The Kier molecular flexibility index (Phi) is 5.72. The molecule has 0 aliphatic carbocycles. The molecule has 0 spiro atoms. The van der Waals surface area contributed by atoms with Crippen molar-refractivity contribution in [3.05, 3.63) is 107 Å². The Morgan fingerprint density at radius 1 is 0.941 bits per heavy atom. The maximum absolute atomic E-state index is 13.9. The van der Waals surface area contributed by atoms with Gasteiger partial charge in [0.2, 0.25) is 0 Å². The van der Waals surface area contributed by atoms with Gasteiger partial charge in [-0.15, -0.1) is 0 Å². The zero-order valence-electron chi connectivity index (χ0n) is 19.5. The molecule has 6 heteroatoms. The molecule has 1 N–H and O–H groups in total. The van der Waals surface area contributed by atoms with E-state index in [2.05, 4.69) is 59.4 Å². The van der Waals surface area contributed by atoms with Crippen molar-refractivity contribution in [2.75, 3.05) is 19.5 Å². The van der Waals surface area contributed by atoms with Crippen LogP contribution in [0, 0.1) is 6.92 Å². The van der Waals surface area contributed by atoms with Gasteiger partial charge in [-0.05, 0) is 48.4 Å². The maximum atomic E-state index is 13.9. The van der Waals surface area contributed by atoms with Crippen molar-refractivity contribution < 1.29 is 14.3 Å². The van der Waals surface area contributed by atoms with Gasteiger partial charge in [0.15, 0.2) is 0 Å². The molecule has 34 heavy (non-hydrogen) atoms. The van der Waals surface area contributed by atoms with E-state index in [1.54, 1.807) is 32.4 Å². The summed E-state index contributed by atoms with van der Waals surface area (Å²) in [6.45, 7) is 2.52. The van der Waals surface area contributed by atoms with Crippen LogP contribution in [0.5, 0.6) is 11.5 Å². The van der Waals surface area contributed by atoms with Gasteiger partial charge in [-0.2, -0.15) is 0 Å². The van der Waals surface area contributed by atoms with E-state index in [0.717, 1.165) is 28.1 Å². The van der Waals surface area contributed by atoms with Crippen molar-refractivity contribution in [2.45, 2.75) is 19.5 Å². The number of ether oxygens (including phenoxy) is 2. The van der Waals surface area contributed by atoms with Gasteiger partial charge in [-0.3, -0.25) is 0 Å². The summed E-state index contributed by atoms with van der Waals surface area (Å²) < 4.78 is 13.0. The van der Waals surface area contributed by atoms with Crippen LogP contribution in [0.15, 0.2) is 85.1 Å². The molecule has 1 aliphatic rings. The number of hydrogen-bond donors (Lipinski definition) is 1. The number of para-hydroxylation sites is 1. The lowest BCUT2D eigenvalue weighted by Crippen LogP contribution is -2.38. The Labute approximate surface area is 199 Å². The molecule has 0 saturated heterocycles. The number of aromatic nitrogens is 1. The highest BCUT2D eigenvalue weighted by Crippen LogP contribution is 2.38. The fourth-order valence-electron chi connectivity index (χ4n) is 4.63. The first-order chi connectivity index (χ1) is 16.6. The standard InChI is InChI=1S/C28H27N3O3/c1-19-8-6-10-20(16-19)27-25-12-7-15-30(25)24-11-5-4-9-21(24)18-31(27)28(32)29-23-17-22(33-2)13-14-26(23)34-3/h4-17,27H,18H2,1-3H3,(H,29,32)/t27-/m0/s1. The van der Waals surface area contributed by atoms with Crippen LogP contribution >= 0.6 is 0 Å². The van der Waals surface area contributed by atoms with Crippen LogP contribution in [0.4, 0.5) is 10.5 Å². The monoisotopic (exact) mass is 453 g/mol. The minimum Gasteiger partial charge on any atom is -0.497 e. The molecule has 1 aromatic heterocycles. The second kappa shape index (κ2) is 8.98. The molecule has 2 amide bonds. The normalized spacial score (nSPS) is 14.6. The predicted molar refractivity (Wildman–Crippen MR) is 133 cm³/mol. The Balaban J connectivity index is 1.63. The van der Waals surface area contributed by atoms with E-state index < -0.39 is 0 Å². The van der Waals surface area contributed by atoms with Crippen molar-refractivity contribution in [1.82, 2.24) is 9.47 Å². The quantitative estimate of drug-likeness (QED) is 0.416. The number of urea groups is 1. The van der Waals surface area contributed by atoms with Crippen LogP contribution in [-0.4, -0.2) is 29.7 Å². The van der Waals surface area contributed by atoms with E-state index in [9.17, 15) is 4.79 Å². The zero-order chi connectivity index (χ0) is 23.7. The third-order valence-corrected chi connectivity index (χ3v) is 6.23. The molecule has 0 radical (unpaired) electrons. The van der Waals surface area contributed by atoms with E-state index in [1.165, 1.54) is 0 Å². The van der Waals surface area contributed by atoms with Crippen molar-refractivity contribution in [3.8, 4) is 17.2 Å². The highest BCUT2D eigenvalue weighted by molar-refractivity contribution is 5.92. The first-order valence-corrected chi connectivity index (χ1v) is 11.2. The number of nitrogens with zero attached hydrogens (tertiary/aromatic N) is 2. The third-order valence-electron chi connectivity index (χ3n) is 6.23. The first-order valence-electron chi connectivity index (χ1n) is 11.2. The fourth-order valence-corrected chi connectivity index (χ4v) is 4.63. The largest absolute Gasteiger partial charge is 0.497 e. The summed E-state index contributed by atoms with van der Waals surface area (Å²) in [6.07, 6.45) is 2.06. The Morgan fingerprint density at radius 2 is 1.79 bits per heavy atom. The molecule has 1 aliphatic heterocycles. The molecular weight excluding hydrogens is 426 g/mol. The lowest BCUT2D eigenvalue weighted by Gasteiger charge is -2.31. The van der Waals surface area contributed by atoms with Gasteiger partial charge in [0.05, 0.1) is 38.2 Å². The molecule has 0 unspecified atom stereocenters. The summed E-state index contributed by atoms with van der Waals surface area (Å²) in [6, 6.07) is 25.5. The number of hydrogen-bond acceptors (Lipinski definition) is 3. The number of aryl methyl sites for hydroxylation is 1. The number of benzene rings is 3. The number of anilines is 1. The lowest BCUT2D eigenvalue weighted by molar-refractivity contribution is 0.194. The van der Waals surface area contributed by atoms with E-state index in [1.807, 2.05) is 29.2 Å². The van der Waals surface area contributed by atoms with Crippen LogP contribution in [0.3, 0.4) is 0 Å². The van der Waals surface area contributed by atoms with Gasteiger partial charge >= 0.3 is 6.03 Å². The van der Waals surface area contributed by atoms with E-state index in [0.29, 0.717) is 23.7 Å². The summed E-state index contributed by atoms with van der Waals surface area (Å²) in [5.41, 5.74) is 5.94. The molecule has 4 aromatic rings. The maximum Gasteiger partial charge on any atom is 0.323 e. The minimum absolute atomic E-state index is 0.220. The minimum atomic E-state index is -0.279. The second-order valence-electron chi connectivity index (χ2n) is 8.37. The number of carbonyl (C=O) groups excluding carboxylic acids is 1. The Morgan fingerprint density at radius 3 is 2.59 bits per heavy atom. The summed E-state index contributed by atoms with van der Waals surface area (Å²) in [4.78, 5) is 15.8. The van der Waals surface area contributed by atoms with Crippen molar-refractivity contribution in [3.63, 3.8) is 0 Å². The third kappa shape index (κ3) is 3.88. The second-order valence-corrected chi connectivity index (χ2v) is 8.37. The van der Waals surface area contributed by atoms with E-state index >= 15 is 0 Å². The number of fused-ring (bicyclic) bond motifs is 3. The van der Waals surface area contributed by atoms with Crippen LogP contribution in [0.2, 0.25) is 0 Å². The molecule has 0 fully saturated rings. The van der Waals surface area contributed by atoms with Gasteiger partial charge in [-0.25, -0.2) is 4.79 Å². The summed E-state index contributed by atoms with van der Waals surface area (Å²) in [7, 11) is 3.18. The Hall–Kier alpha value is -4.19. The lowest BCUT2D eigenvalue weighted by atomic mass is 10.00. The van der Waals surface area contributed by atoms with Crippen LogP contribution < -0.4 is 14.8 Å². The number of methoxy groups -OCH3 is 2. The molecule has 3 aromatic carbocycles. The first kappa shape index (κ1) is 21.6. The van der Waals surface area contributed by atoms with Crippen molar-refractivity contribution in [2.24, 2.45) is 0 Å². The average Bonchev–Trinajstić information content (AvgIpc) is 3.28. The predicted octanol–water partition coefficient (Wildman–Crippen LogP) is 5.94. The molecule has 0 saturated carbocycles. The molecule has 5 rings (SSSR count). The van der Waals surface area contributed by atoms with Gasteiger partial charge in [0.25, 0.3) is 0 Å². The van der Waals surface area contributed by atoms with Crippen LogP contribution in [0.1, 0.15) is 28.4 Å². The fraction of sp³-hybridized carbons (Fsp3) is 0.179. The molecule has 172 valence electrons. The summed E-state index contributed by atoms with van der Waals surface area (Å²) in [5, 5.41) is 3.07. The summed E-state index contributed by atoms with van der Waals surface area (Å²) >= 11 is 0. The van der Waals surface area contributed by atoms with Crippen molar-refractivity contribution in [1.29, 1.82) is 0 Å². The average molecular weight is 454 g/mol. The van der Waals surface area contributed by atoms with Gasteiger partial charge < -0.3 is 24.3 Å². The van der Waals surface area contributed by atoms with Gasteiger partial charge in [0.1, 0.15) is 11.5 Å². The molecule has 2 heterocycles. The highest BCUT2D eigenvalue weighted by Gasteiger charge is 2.33. The number of amides is 2. The molecule has 1 atom stereocenters. The number of nitrogens with one attached hydrogen (secondary N) is 1. The topological polar surface area (TPSA) is 55.7 Å². The zero-order valence-corrected chi connectivity index (χ0v) is 19.5. The molecular formula is C28H27N3O3. The highest BCUT2D eigenvalue weighted by atomic mass is 16.5. The van der Waals surface area contributed by atoms with Crippen LogP contribution in [-0.2, 0) is 6.54 Å². The van der Waals surface area contributed by atoms with Crippen LogP contribution in [0.25, 0.3) is 5.69 Å². The van der Waals surface area contributed by atoms with Crippen molar-refractivity contribution >= 4 is 11.7 Å². The Bertz CT molecular complexity index is 1340. The van der Waals surface area contributed by atoms with E-state index in [-0.39, 0.29) is 12.1 Å². The smallest absolute Gasteiger partial charge is 0.323 e. The van der Waals surface area contributed by atoms with Gasteiger partial charge in [0, 0.05) is 18.0 Å². The SMILES string of the molecule is COc1ccc(OC)c(NC(=O)N2Cc3ccccc3-n3cccc3[C@@H]2c2cccc(C)c2)c1.